The number of unbranched alkanes of at least 4 members (excludes halogenated alkanes) is 9. The molecule has 0 fully saturated rings. The van der Waals surface area contributed by atoms with Crippen LogP contribution in [-0.2, 0) is 4.79 Å². The molecule has 1 N–H and O–H groups in total. The molecular weight excluding hydrogens is 526 g/mol. The highest BCUT2D eigenvalue weighted by Crippen LogP contribution is 2.42. The molecule has 1 atom stereocenters. The van der Waals surface area contributed by atoms with Crippen molar-refractivity contribution in [3.05, 3.63) is 46.5 Å². The molecule has 2 rings (SSSR count). The van der Waals surface area contributed by atoms with Crippen LogP contribution >= 0.6 is 11.6 Å². The van der Waals surface area contributed by atoms with E-state index in [4.69, 9.17) is 25.8 Å². The molecule has 0 bridgehead atoms. The van der Waals surface area contributed by atoms with Crippen LogP contribution in [0, 0.1) is 0 Å². The van der Waals surface area contributed by atoms with Crippen LogP contribution in [0.25, 0.3) is 0 Å². The normalized spacial score (nSPS) is 11.7. The molecular formula is C33H48ClNO5. The zero-order chi connectivity index (χ0) is 29.3. The first-order chi connectivity index (χ1) is 19.4. The number of halogens is 1. The number of rotatable bonds is 20. The fourth-order valence-electron chi connectivity index (χ4n) is 4.92. The molecule has 0 aromatic heterocycles. The van der Waals surface area contributed by atoms with Crippen molar-refractivity contribution in [2.24, 2.45) is 0 Å². The largest absolute Gasteiger partial charge is 0.493 e. The predicted molar refractivity (Wildman–Crippen MR) is 165 cm³/mol. The minimum Gasteiger partial charge on any atom is -0.493 e. The smallest absolute Gasteiger partial charge is 0.221 e. The number of carbonyl (C=O) groups is 2. The van der Waals surface area contributed by atoms with Crippen molar-refractivity contribution >= 4 is 29.0 Å². The van der Waals surface area contributed by atoms with Crippen LogP contribution in [0.15, 0.2) is 30.3 Å². The Hall–Kier alpha value is -2.73. The lowest BCUT2D eigenvalue weighted by molar-refractivity contribution is -0.114. The van der Waals surface area contributed by atoms with Gasteiger partial charge >= 0.3 is 0 Å². The first-order valence-electron chi connectivity index (χ1n) is 14.9. The van der Waals surface area contributed by atoms with Gasteiger partial charge in [-0.1, -0.05) is 89.7 Å². The quantitative estimate of drug-likeness (QED) is 0.126. The summed E-state index contributed by atoms with van der Waals surface area (Å²) >= 11 is 6.56. The van der Waals surface area contributed by atoms with Crippen molar-refractivity contribution in [2.75, 3.05) is 19.5 Å². The van der Waals surface area contributed by atoms with Crippen LogP contribution < -0.4 is 19.5 Å². The Balaban J connectivity index is 2.00. The van der Waals surface area contributed by atoms with E-state index >= 15 is 0 Å². The maximum Gasteiger partial charge on any atom is 0.221 e. The lowest BCUT2D eigenvalue weighted by atomic mass is 10.0. The molecule has 0 aliphatic rings. The fraction of sp³-hybridized carbons (Fsp3) is 0.576. The maximum absolute atomic E-state index is 13.5. The second-order valence-corrected chi connectivity index (χ2v) is 10.8. The molecule has 0 heterocycles. The van der Waals surface area contributed by atoms with Crippen LogP contribution in [0.5, 0.6) is 17.2 Å². The van der Waals surface area contributed by atoms with Crippen LogP contribution in [-0.4, -0.2) is 32.0 Å². The van der Waals surface area contributed by atoms with Gasteiger partial charge in [0.05, 0.1) is 36.6 Å². The number of anilines is 1. The molecule has 222 valence electrons. The predicted octanol–water partition coefficient (Wildman–Crippen LogP) is 9.41. The van der Waals surface area contributed by atoms with E-state index in [2.05, 4.69) is 19.2 Å². The Kier molecular flexibility index (Phi) is 15.6. The molecule has 1 amide bonds. The van der Waals surface area contributed by atoms with Gasteiger partial charge in [-0.05, 0) is 43.5 Å². The highest BCUT2D eigenvalue weighted by Gasteiger charge is 2.25. The first-order valence-corrected chi connectivity index (χ1v) is 15.3. The highest BCUT2D eigenvalue weighted by molar-refractivity contribution is 6.38. The summed E-state index contributed by atoms with van der Waals surface area (Å²) < 4.78 is 17.2. The van der Waals surface area contributed by atoms with Crippen LogP contribution in [0.2, 0.25) is 5.02 Å². The molecule has 1 unspecified atom stereocenters. The van der Waals surface area contributed by atoms with Gasteiger partial charge < -0.3 is 19.5 Å². The Labute approximate surface area is 246 Å². The number of hydrogen-bond acceptors (Lipinski definition) is 5. The number of hydrogen-bond donors (Lipinski definition) is 1. The molecule has 0 saturated carbocycles. The Morgan fingerprint density at radius 1 is 0.825 bits per heavy atom. The molecule has 6 nitrogen and oxygen atoms in total. The second-order valence-electron chi connectivity index (χ2n) is 10.4. The molecule has 2 aromatic rings. The van der Waals surface area contributed by atoms with Crippen LogP contribution in [0.4, 0.5) is 5.69 Å². The maximum atomic E-state index is 13.5. The summed E-state index contributed by atoms with van der Waals surface area (Å²) in [7, 11) is 2.91. The number of ether oxygens (including phenoxy) is 3. The lowest BCUT2D eigenvalue weighted by Gasteiger charge is -2.19. The average molecular weight is 574 g/mol. The molecule has 0 spiro atoms. The summed E-state index contributed by atoms with van der Waals surface area (Å²) in [5, 5.41) is 2.74. The van der Waals surface area contributed by atoms with E-state index in [9.17, 15) is 9.59 Å². The summed E-state index contributed by atoms with van der Waals surface area (Å²) in [6, 6.07) is 8.65. The van der Waals surface area contributed by atoms with Gasteiger partial charge in [0.1, 0.15) is 5.75 Å². The molecule has 0 saturated heterocycles. The van der Waals surface area contributed by atoms with E-state index in [1.807, 2.05) is 12.1 Å². The van der Waals surface area contributed by atoms with Gasteiger partial charge in [-0.2, -0.15) is 0 Å². The number of benzene rings is 2. The van der Waals surface area contributed by atoms with Crippen molar-refractivity contribution in [1.82, 2.24) is 0 Å². The van der Waals surface area contributed by atoms with Gasteiger partial charge in [-0.25, -0.2) is 0 Å². The van der Waals surface area contributed by atoms with Gasteiger partial charge in [-0.3, -0.25) is 9.59 Å². The average Bonchev–Trinajstić information content (AvgIpc) is 2.94. The number of carbonyl (C=O) groups excluding carboxylic acids is 2. The molecule has 2 aromatic carbocycles. The summed E-state index contributed by atoms with van der Waals surface area (Å²) in [4.78, 5) is 25.2. The summed E-state index contributed by atoms with van der Waals surface area (Å²) in [5.74, 6) is 0.604. The van der Waals surface area contributed by atoms with E-state index in [-0.39, 0.29) is 39.8 Å². The Morgan fingerprint density at radius 2 is 1.43 bits per heavy atom. The van der Waals surface area contributed by atoms with Gasteiger partial charge in [0.2, 0.25) is 5.91 Å². The van der Waals surface area contributed by atoms with E-state index in [1.165, 1.54) is 85.4 Å². The molecule has 7 heteroatoms. The van der Waals surface area contributed by atoms with E-state index in [1.54, 1.807) is 18.2 Å². The molecule has 40 heavy (non-hydrogen) atoms. The van der Waals surface area contributed by atoms with Gasteiger partial charge in [0.15, 0.2) is 17.3 Å². The van der Waals surface area contributed by atoms with Crippen LogP contribution in [0.1, 0.15) is 120 Å². The monoisotopic (exact) mass is 573 g/mol. The van der Waals surface area contributed by atoms with Crippen molar-refractivity contribution < 1.29 is 23.8 Å². The van der Waals surface area contributed by atoms with E-state index in [0.717, 1.165) is 25.0 Å². The Morgan fingerprint density at radius 3 is 1.95 bits per heavy atom. The van der Waals surface area contributed by atoms with Gasteiger partial charge in [0, 0.05) is 18.6 Å². The summed E-state index contributed by atoms with van der Waals surface area (Å²) in [5.41, 5.74) is 0.839. The molecule has 0 aliphatic carbocycles. The van der Waals surface area contributed by atoms with Gasteiger partial charge in [0.25, 0.3) is 0 Å². The number of methoxy groups -OCH3 is 2. The zero-order valence-corrected chi connectivity index (χ0v) is 25.8. The van der Waals surface area contributed by atoms with E-state index in [0.29, 0.717) is 11.3 Å². The molecule has 0 radical (unpaired) electrons. The minimum absolute atomic E-state index is 0.0951. The highest BCUT2D eigenvalue weighted by atomic mass is 35.5. The molecule has 0 aliphatic heterocycles. The third-order valence-corrected chi connectivity index (χ3v) is 7.45. The summed E-state index contributed by atoms with van der Waals surface area (Å²) in [6.07, 6.45) is 16.4. The number of ketones is 1. The zero-order valence-electron chi connectivity index (χ0n) is 25.1. The number of amides is 1. The topological polar surface area (TPSA) is 73.9 Å². The van der Waals surface area contributed by atoms with Gasteiger partial charge in [-0.15, -0.1) is 0 Å². The third-order valence-electron chi connectivity index (χ3n) is 7.05. The standard InChI is InChI=1S/C33H48ClNO5/c1-6-8-9-10-11-12-13-14-15-16-18-26(17-7-2)40-27-21-19-25(20-22-27)32(37)30-31(34)28(35-24(3)36)23-29(38-4)33(30)39-5/h19-23,26H,6-18H2,1-5H3,(H,35,36). The Bertz CT molecular complexity index is 1050. The fourth-order valence-corrected chi connectivity index (χ4v) is 5.19. The second kappa shape index (κ2) is 18.6. The van der Waals surface area contributed by atoms with Crippen molar-refractivity contribution in [2.45, 2.75) is 110 Å². The van der Waals surface area contributed by atoms with Crippen molar-refractivity contribution in [1.29, 1.82) is 0 Å². The SMILES string of the molecule is CCCCCCCCCCCCC(CCC)Oc1ccc(C(=O)c2c(Cl)c(NC(C)=O)cc(OC)c2OC)cc1. The van der Waals surface area contributed by atoms with Crippen molar-refractivity contribution in [3.8, 4) is 17.2 Å². The summed E-state index contributed by atoms with van der Waals surface area (Å²) in [6.45, 7) is 5.81. The van der Waals surface area contributed by atoms with Crippen molar-refractivity contribution in [3.63, 3.8) is 0 Å². The lowest BCUT2D eigenvalue weighted by Crippen LogP contribution is -2.16. The van der Waals surface area contributed by atoms with Crippen LogP contribution in [0.3, 0.4) is 0 Å². The first kappa shape index (κ1) is 33.5. The third kappa shape index (κ3) is 10.7. The number of nitrogens with one attached hydrogen (secondary N) is 1. The van der Waals surface area contributed by atoms with E-state index < -0.39 is 0 Å². The minimum atomic E-state index is -0.339.